The van der Waals surface area contributed by atoms with E-state index in [1.165, 1.54) is 6.07 Å². The molecule has 1 aromatic heterocycles. The monoisotopic (exact) mass is 239 g/mol. The van der Waals surface area contributed by atoms with Gasteiger partial charge in [0, 0.05) is 18.5 Å². The molecule has 1 atom stereocenters. The summed E-state index contributed by atoms with van der Waals surface area (Å²) in [6, 6.07) is 2.07. The highest BCUT2D eigenvalue weighted by atomic mass is 19.1. The van der Waals surface area contributed by atoms with E-state index in [4.69, 9.17) is 5.73 Å². The van der Waals surface area contributed by atoms with Gasteiger partial charge in [-0.25, -0.2) is 13.8 Å². The van der Waals surface area contributed by atoms with Crippen molar-refractivity contribution in [1.82, 2.24) is 9.97 Å². The van der Waals surface area contributed by atoms with E-state index in [0.717, 1.165) is 6.07 Å². The van der Waals surface area contributed by atoms with Crippen LogP contribution in [0.1, 0.15) is 25.6 Å². The molecule has 0 saturated carbocycles. The lowest BCUT2D eigenvalue weighted by Gasteiger charge is -2.15. The summed E-state index contributed by atoms with van der Waals surface area (Å²) >= 11 is 0. The highest BCUT2D eigenvalue weighted by Crippen LogP contribution is 2.25. The Hall–Kier alpha value is -1.49. The fourth-order valence-corrected chi connectivity index (χ4v) is 1.94. The first-order valence-corrected chi connectivity index (χ1v) is 5.57. The largest absolute Gasteiger partial charge is 0.342 e. The summed E-state index contributed by atoms with van der Waals surface area (Å²) in [7, 11) is 0. The zero-order valence-corrected chi connectivity index (χ0v) is 9.80. The predicted octanol–water partition coefficient (Wildman–Crippen LogP) is 2.54. The second kappa shape index (κ2) is 4.41. The Balaban J connectivity index is 2.54. The number of rotatable bonds is 3. The average molecular weight is 239 g/mol. The molecule has 1 heterocycles. The molecule has 0 amide bonds. The maximum Gasteiger partial charge on any atom is 0.153 e. The van der Waals surface area contributed by atoms with Crippen molar-refractivity contribution < 1.29 is 8.78 Å². The molecule has 92 valence electrons. The number of aromatic amines is 1. The lowest BCUT2D eigenvalue weighted by molar-refractivity contribution is 0.487. The summed E-state index contributed by atoms with van der Waals surface area (Å²) in [5.41, 5.74) is 6.21. The topological polar surface area (TPSA) is 54.7 Å². The summed E-state index contributed by atoms with van der Waals surface area (Å²) in [4.78, 5) is 7.11. The molecule has 0 spiro atoms. The predicted molar refractivity (Wildman–Crippen MR) is 62.6 cm³/mol. The quantitative estimate of drug-likeness (QED) is 0.864. The van der Waals surface area contributed by atoms with Crippen LogP contribution in [0, 0.1) is 17.6 Å². The van der Waals surface area contributed by atoms with Gasteiger partial charge in [-0.1, -0.05) is 13.8 Å². The van der Waals surface area contributed by atoms with Gasteiger partial charge in [-0.15, -0.1) is 0 Å². The fourth-order valence-electron chi connectivity index (χ4n) is 1.94. The molecule has 2 aromatic rings. The minimum atomic E-state index is -0.651. The molecule has 0 saturated heterocycles. The molecule has 2 rings (SSSR count). The Labute approximate surface area is 98.0 Å². The number of hydrogen-bond donors (Lipinski definition) is 2. The van der Waals surface area contributed by atoms with Gasteiger partial charge in [0.1, 0.15) is 17.2 Å². The molecule has 5 heteroatoms. The number of nitrogens with one attached hydrogen (secondary N) is 1. The molecule has 0 bridgehead atoms. The highest BCUT2D eigenvalue weighted by molar-refractivity contribution is 5.75. The Morgan fingerprint density at radius 1 is 1.35 bits per heavy atom. The van der Waals surface area contributed by atoms with Crippen LogP contribution in [0.4, 0.5) is 8.78 Å². The van der Waals surface area contributed by atoms with Gasteiger partial charge >= 0.3 is 0 Å². The summed E-state index contributed by atoms with van der Waals surface area (Å²) in [6.07, 6.45) is 0. The van der Waals surface area contributed by atoms with E-state index in [-0.39, 0.29) is 17.4 Å². The normalized spacial score (nSPS) is 13.5. The van der Waals surface area contributed by atoms with Crippen molar-refractivity contribution in [2.75, 3.05) is 6.54 Å². The van der Waals surface area contributed by atoms with Crippen molar-refractivity contribution in [3.63, 3.8) is 0 Å². The van der Waals surface area contributed by atoms with Crippen LogP contribution in [-0.2, 0) is 0 Å². The maximum atomic E-state index is 13.5. The van der Waals surface area contributed by atoms with E-state index in [1.54, 1.807) is 0 Å². The number of nitrogens with zero attached hydrogens (tertiary/aromatic N) is 1. The highest BCUT2D eigenvalue weighted by Gasteiger charge is 2.19. The van der Waals surface area contributed by atoms with Crippen molar-refractivity contribution in [2.45, 2.75) is 19.8 Å². The molecule has 3 nitrogen and oxygen atoms in total. The number of aromatic nitrogens is 2. The first-order chi connectivity index (χ1) is 8.02. The lowest BCUT2D eigenvalue weighted by Crippen LogP contribution is -2.18. The Morgan fingerprint density at radius 3 is 2.65 bits per heavy atom. The van der Waals surface area contributed by atoms with Crippen LogP contribution in [0.25, 0.3) is 11.0 Å². The van der Waals surface area contributed by atoms with Crippen LogP contribution in [-0.4, -0.2) is 16.5 Å². The van der Waals surface area contributed by atoms with Crippen LogP contribution in [0.5, 0.6) is 0 Å². The third-order valence-electron chi connectivity index (χ3n) is 2.93. The van der Waals surface area contributed by atoms with Gasteiger partial charge in [-0.2, -0.15) is 0 Å². The van der Waals surface area contributed by atoms with E-state index in [0.29, 0.717) is 17.9 Å². The van der Waals surface area contributed by atoms with E-state index in [9.17, 15) is 8.78 Å². The molecular weight excluding hydrogens is 224 g/mol. The molecule has 1 aromatic carbocycles. The minimum Gasteiger partial charge on any atom is -0.342 e. The second-order valence-corrected chi connectivity index (χ2v) is 4.49. The minimum absolute atomic E-state index is 0.0184. The molecule has 0 radical (unpaired) electrons. The van der Waals surface area contributed by atoms with Gasteiger partial charge in [0.2, 0.25) is 0 Å². The number of hydrogen-bond acceptors (Lipinski definition) is 2. The first kappa shape index (κ1) is 12.0. The fraction of sp³-hybridized carbons (Fsp3) is 0.417. The number of halogens is 2. The Morgan fingerprint density at radius 2 is 2.06 bits per heavy atom. The smallest absolute Gasteiger partial charge is 0.153 e. The van der Waals surface area contributed by atoms with Crippen LogP contribution < -0.4 is 5.73 Å². The zero-order chi connectivity index (χ0) is 12.6. The van der Waals surface area contributed by atoms with Crippen LogP contribution in [0.3, 0.4) is 0 Å². The number of benzene rings is 1. The average Bonchev–Trinajstić information content (AvgIpc) is 2.61. The molecule has 3 N–H and O–H groups in total. The van der Waals surface area contributed by atoms with Crippen molar-refractivity contribution in [3.05, 3.63) is 29.6 Å². The number of H-pyrrole nitrogens is 1. The molecule has 17 heavy (non-hydrogen) atoms. The van der Waals surface area contributed by atoms with Gasteiger partial charge in [-0.05, 0) is 12.0 Å². The Bertz CT molecular complexity index is 534. The van der Waals surface area contributed by atoms with Gasteiger partial charge in [0.15, 0.2) is 5.82 Å². The van der Waals surface area contributed by atoms with Crippen LogP contribution >= 0.6 is 0 Å². The third-order valence-corrected chi connectivity index (χ3v) is 2.93. The van der Waals surface area contributed by atoms with E-state index in [1.807, 2.05) is 13.8 Å². The SMILES string of the molecule is CC(C)C(CN)c1nc2c(F)cc(F)cc2[nH]1. The molecule has 0 aliphatic carbocycles. The van der Waals surface area contributed by atoms with E-state index >= 15 is 0 Å². The molecule has 0 aliphatic heterocycles. The van der Waals surface area contributed by atoms with Gasteiger partial charge < -0.3 is 10.7 Å². The third kappa shape index (κ3) is 2.15. The maximum absolute atomic E-state index is 13.5. The number of imidazole rings is 1. The lowest BCUT2D eigenvalue weighted by atomic mass is 9.95. The molecular formula is C12H15F2N3. The second-order valence-electron chi connectivity index (χ2n) is 4.49. The van der Waals surface area contributed by atoms with Crippen molar-refractivity contribution in [3.8, 4) is 0 Å². The first-order valence-electron chi connectivity index (χ1n) is 5.57. The summed E-state index contributed by atoms with van der Waals surface area (Å²) < 4.78 is 26.5. The van der Waals surface area contributed by atoms with Crippen LogP contribution in [0.2, 0.25) is 0 Å². The zero-order valence-electron chi connectivity index (χ0n) is 9.80. The summed E-state index contributed by atoms with van der Waals surface area (Å²) in [5.74, 6) is -0.346. The van der Waals surface area contributed by atoms with Crippen molar-refractivity contribution in [2.24, 2.45) is 11.7 Å². The van der Waals surface area contributed by atoms with E-state index in [2.05, 4.69) is 9.97 Å². The summed E-state index contributed by atoms with van der Waals surface area (Å²) in [6.45, 7) is 4.45. The van der Waals surface area contributed by atoms with Gasteiger partial charge in [0.05, 0.1) is 5.52 Å². The van der Waals surface area contributed by atoms with Crippen molar-refractivity contribution >= 4 is 11.0 Å². The number of fused-ring (bicyclic) bond motifs is 1. The molecule has 0 fully saturated rings. The number of nitrogens with two attached hydrogens (primary N) is 1. The standard InChI is InChI=1S/C12H15F2N3/c1-6(2)8(5-15)12-16-10-4-7(13)3-9(14)11(10)17-12/h3-4,6,8H,5,15H2,1-2H3,(H,16,17). The molecule has 0 aliphatic rings. The van der Waals surface area contributed by atoms with Crippen molar-refractivity contribution in [1.29, 1.82) is 0 Å². The molecule has 1 unspecified atom stereocenters. The van der Waals surface area contributed by atoms with Gasteiger partial charge in [-0.3, -0.25) is 0 Å². The van der Waals surface area contributed by atoms with E-state index < -0.39 is 11.6 Å². The van der Waals surface area contributed by atoms with Crippen LogP contribution in [0.15, 0.2) is 12.1 Å². The Kier molecular flexibility index (Phi) is 3.11. The summed E-state index contributed by atoms with van der Waals surface area (Å²) in [5, 5.41) is 0. The van der Waals surface area contributed by atoms with Gasteiger partial charge in [0.25, 0.3) is 0 Å².